The van der Waals surface area contributed by atoms with Crippen LogP contribution in [0, 0.1) is 0 Å². The molecule has 0 aliphatic heterocycles. The number of carbonyl (C=O) groups is 1. The van der Waals surface area contributed by atoms with Crippen molar-refractivity contribution in [2.75, 3.05) is 0 Å². The van der Waals surface area contributed by atoms with Crippen LogP contribution in [0.3, 0.4) is 0 Å². The molecule has 0 spiro atoms. The standard InChI is InChI=1S/C12H9NO2/c14-12(15)10-7-9-5-3-1-2-4-6-11(9)13-8-10/h1-8H,(H,14,15)/b2-1-,3-1?,4-2?,5-3-,6-4?,9-5?,11-6?. The molecule has 15 heavy (non-hydrogen) atoms. The number of aromatic carboxylic acids is 1. The van der Waals surface area contributed by atoms with Crippen LogP contribution in [-0.4, -0.2) is 16.1 Å². The molecule has 1 aliphatic carbocycles. The molecule has 0 fully saturated rings. The van der Waals surface area contributed by atoms with Gasteiger partial charge >= 0.3 is 5.97 Å². The number of aromatic nitrogens is 1. The Morgan fingerprint density at radius 2 is 1.87 bits per heavy atom. The maximum absolute atomic E-state index is 10.7. The Labute approximate surface area is 87.1 Å². The minimum absolute atomic E-state index is 0.205. The van der Waals surface area contributed by atoms with Crippen molar-refractivity contribution in [1.82, 2.24) is 4.98 Å². The fraction of sp³-hybridized carbons (Fsp3) is 0. The Hall–Kier alpha value is -2.16. The third-order valence-electron chi connectivity index (χ3n) is 2.06. The van der Waals surface area contributed by atoms with E-state index in [-0.39, 0.29) is 5.56 Å². The summed E-state index contributed by atoms with van der Waals surface area (Å²) in [6, 6.07) is 1.62. The second kappa shape index (κ2) is 3.92. The van der Waals surface area contributed by atoms with Crippen LogP contribution in [0.25, 0.3) is 12.2 Å². The van der Waals surface area contributed by atoms with Gasteiger partial charge in [0.25, 0.3) is 0 Å². The molecule has 0 unspecified atom stereocenters. The highest BCUT2D eigenvalue weighted by Crippen LogP contribution is 2.14. The van der Waals surface area contributed by atoms with Gasteiger partial charge in [0, 0.05) is 11.8 Å². The Morgan fingerprint density at radius 1 is 1.13 bits per heavy atom. The predicted molar refractivity (Wildman–Crippen MR) is 58.4 cm³/mol. The molecule has 0 aromatic carbocycles. The zero-order chi connectivity index (χ0) is 10.7. The third kappa shape index (κ3) is 2.02. The van der Waals surface area contributed by atoms with Crippen LogP contribution in [0.2, 0.25) is 0 Å². The molecule has 74 valence electrons. The van der Waals surface area contributed by atoms with E-state index in [2.05, 4.69) is 4.98 Å². The van der Waals surface area contributed by atoms with Gasteiger partial charge in [-0.2, -0.15) is 0 Å². The highest BCUT2D eigenvalue weighted by Gasteiger charge is 2.06. The van der Waals surface area contributed by atoms with Gasteiger partial charge in [-0.3, -0.25) is 4.98 Å². The summed E-state index contributed by atoms with van der Waals surface area (Å²) in [6.07, 6.45) is 12.6. The molecule has 3 nitrogen and oxygen atoms in total. The summed E-state index contributed by atoms with van der Waals surface area (Å²) >= 11 is 0. The van der Waals surface area contributed by atoms with E-state index in [9.17, 15) is 4.79 Å². The lowest BCUT2D eigenvalue weighted by molar-refractivity contribution is 0.0696. The van der Waals surface area contributed by atoms with Gasteiger partial charge in [-0.25, -0.2) is 4.79 Å². The van der Waals surface area contributed by atoms with Crippen molar-refractivity contribution in [3.63, 3.8) is 0 Å². The zero-order valence-electron chi connectivity index (χ0n) is 7.92. The predicted octanol–water partition coefficient (Wildman–Crippen LogP) is 2.38. The monoisotopic (exact) mass is 199 g/mol. The van der Waals surface area contributed by atoms with Gasteiger partial charge in [-0.1, -0.05) is 30.4 Å². The molecule has 1 aromatic heterocycles. The lowest BCUT2D eigenvalue weighted by atomic mass is 10.1. The average molecular weight is 199 g/mol. The van der Waals surface area contributed by atoms with Crippen LogP contribution in [0.5, 0.6) is 0 Å². The molecule has 1 aliphatic rings. The van der Waals surface area contributed by atoms with Crippen molar-refractivity contribution in [3.8, 4) is 0 Å². The SMILES string of the molecule is O=C(O)c1cnc2c(c1)/C=C\C=C/C=C2. The van der Waals surface area contributed by atoms with E-state index in [1.165, 1.54) is 6.20 Å². The number of carboxylic acid groups (broad SMARTS) is 1. The number of hydrogen-bond donors (Lipinski definition) is 1. The van der Waals surface area contributed by atoms with Crippen molar-refractivity contribution < 1.29 is 9.90 Å². The average Bonchev–Trinajstić information content (AvgIpc) is 2.18. The molecule has 1 heterocycles. The second-order valence-electron chi connectivity index (χ2n) is 3.11. The van der Waals surface area contributed by atoms with Gasteiger partial charge in [0.1, 0.15) is 0 Å². The molecule has 0 saturated carbocycles. The first kappa shape index (κ1) is 9.40. The van der Waals surface area contributed by atoms with Gasteiger partial charge in [0.05, 0.1) is 11.3 Å². The van der Waals surface area contributed by atoms with Crippen molar-refractivity contribution in [2.45, 2.75) is 0 Å². The maximum Gasteiger partial charge on any atom is 0.337 e. The topological polar surface area (TPSA) is 50.2 Å². The molecule has 0 saturated heterocycles. The molecule has 3 heteroatoms. The molecule has 1 aromatic rings. The highest BCUT2D eigenvalue weighted by molar-refractivity contribution is 5.88. The van der Waals surface area contributed by atoms with Crippen LogP contribution in [0.4, 0.5) is 0 Å². The van der Waals surface area contributed by atoms with Gasteiger partial charge in [-0.15, -0.1) is 0 Å². The summed E-state index contributed by atoms with van der Waals surface area (Å²) in [5.41, 5.74) is 1.80. The summed E-state index contributed by atoms with van der Waals surface area (Å²) in [4.78, 5) is 14.8. The van der Waals surface area contributed by atoms with E-state index < -0.39 is 5.97 Å². The van der Waals surface area contributed by atoms with Gasteiger partial charge in [0.15, 0.2) is 0 Å². The van der Waals surface area contributed by atoms with E-state index in [1.54, 1.807) is 6.07 Å². The van der Waals surface area contributed by atoms with Crippen molar-refractivity contribution in [1.29, 1.82) is 0 Å². The Bertz CT molecular complexity index is 484. The second-order valence-corrected chi connectivity index (χ2v) is 3.11. The van der Waals surface area contributed by atoms with E-state index >= 15 is 0 Å². The zero-order valence-corrected chi connectivity index (χ0v) is 7.92. The fourth-order valence-corrected chi connectivity index (χ4v) is 1.32. The van der Waals surface area contributed by atoms with E-state index in [0.717, 1.165) is 11.3 Å². The lowest BCUT2D eigenvalue weighted by Crippen LogP contribution is -1.99. The largest absolute Gasteiger partial charge is 0.478 e. The maximum atomic E-state index is 10.7. The van der Waals surface area contributed by atoms with Crippen LogP contribution >= 0.6 is 0 Å². The summed E-state index contributed by atoms with van der Waals surface area (Å²) in [6.45, 7) is 0. The third-order valence-corrected chi connectivity index (χ3v) is 2.06. The Balaban J connectivity index is 2.53. The Kier molecular flexibility index (Phi) is 2.46. The number of nitrogens with zero attached hydrogens (tertiary/aromatic N) is 1. The summed E-state index contributed by atoms with van der Waals surface area (Å²) in [5.74, 6) is -0.958. The molecular formula is C12H9NO2. The molecule has 2 rings (SSSR count). The van der Waals surface area contributed by atoms with Crippen molar-refractivity contribution in [2.24, 2.45) is 0 Å². The minimum atomic E-state index is -0.958. The van der Waals surface area contributed by atoms with Crippen LogP contribution in [0.15, 0.2) is 36.6 Å². The molecule has 0 radical (unpaired) electrons. The fourth-order valence-electron chi connectivity index (χ4n) is 1.32. The number of rotatable bonds is 1. The summed E-state index contributed by atoms with van der Waals surface area (Å²) in [7, 11) is 0. The molecular weight excluding hydrogens is 190 g/mol. The molecule has 0 amide bonds. The number of allylic oxidation sites excluding steroid dienone is 4. The van der Waals surface area contributed by atoms with Crippen molar-refractivity contribution in [3.05, 3.63) is 53.4 Å². The lowest BCUT2D eigenvalue weighted by Gasteiger charge is -2.02. The first-order valence-corrected chi connectivity index (χ1v) is 4.52. The van der Waals surface area contributed by atoms with Gasteiger partial charge in [0.2, 0.25) is 0 Å². The minimum Gasteiger partial charge on any atom is -0.478 e. The number of fused-ring (bicyclic) bond motifs is 1. The highest BCUT2D eigenvalue weighted by atomic mass is 16.4. The van der Waals surface area contributed by atoms with Crippen LogP contribution in [-0.2, 0) is 0 Å². The van der Waals surface area contributed by atoms with Crippen LogP contribution < -0.4 is 0 Å². The molecule has 0 bridgehead atoms. The van der Waals surface area contributed by atoms with Crippen LogP contribution in [0.1, 0.15) is 21.6 Å². The van der Waals surface area contributed by atoms with Gasteiger partial charge in [-0.05, 0) is 12.1 Å². The smallest absolute Gasteiger partial charge is 0.337 e. The van der Waals surface area contributed by atoms with E-state index in [4.69, 9.17) is 5.11 Å². The first-order chi connectivity index (χ1) is 7.27. The number of carboxylic acids is 1. The molecule has 1 N–H and O–H groups in total. The van der Waals surface area contributed by atoms with Crippen molar-refractivity contribution >= 4 is 18.1 Å². The summed E-state index contributed by atoms with van der Waals surface area (Å²) in [5, 5.41) is 8.82. The number of hydrogen-bond acceptors (Lipinski definition) is 2. The molecule has 0 atom stereocenters. The van der Waals surface area contributed by atoms with E-state index in [1.807, 2.05) is 36.5 Å². The van der Waals surface area contributed by atoms with E-state index in [0.29, 0.717) is 0 Å². The number of pyridine rings is 1. The van der Waals surface area contributed by atoms with Gasteiger partial charge < -0.3 is 5.11 Å². The Morgan fingerprint density at radius 3 is 2.60 bits per heavy atom. The normalized spacial score (nSPS) is 17.3. The first-order valence-electron chi connectivity index (χ1n) is 4.52. The quantitative estimate of drug-likeness (QED) is 0.755. The summed E-state index contributed by atoms with van der Waals surface area (Å²) < 4.78 is 0.